The van der Waals surface area contributed by atoms with Crippen LogP contribution >= 0.6 is 11.3 Å². The van der Waals surface area contributed by atoms with Crippen molar-refractivity contribution in [3.8, 4) is 0 Å². The molecule has 98 valence electrons. The van der Waals surface area contributed by atoms with Crippen LogP contribution in [0.2, 0.25) is 0 Å². The van der Waals surface area contributed by atoms with Crippen molar-refractivity contribution in [3.63, 3.8) is 0 Å². The molecule has 18 heavy (non-hydrogen) atoms. The fourth-order valence-electron chi connectivity index (χ4n) is 1.14. The van der Waals surface area contributed by atoms with Gasteiger partial charge in [0.25, 0.3) is 5.91 Å². The lowest BCUT2D eigenvalue weighted by Gasteiger charge is -2.09. The summed E-state index contributed by atoms with van der Waals surface area (Å²) in [6.45, 7) is 5.44. The van der Waals surface area contributed by atoms with Crippen LogP contribution in [0.25, 0.3) is 0 Å². The average molecular weight is 268 g/mol. The third-order valence-electron chi connectivity index (χ3n) is 2.35. The molecule has 0 aliphatic rings. The smallest absolute Gasteiger partial charge is 0.314 e. The number of ether oxygens (including phenoxy) is 1. The van der Waals surface area contributed by atoms with E-state index in [9.17, 15) is 9.59 Å². The first kappa shape index (κ1) is 14.4. The molecule has 1 unspecified atom stereocenters. The molecule has 6 heteroatoms. The minimum atomic E-state index is -0.464. The number of nitrogens with zero attached hydrogens (tertiary/aromatic N) is 1. The maximum Gasteiger partial charge on any atom is 0.314 e. The number of hydrogen-bond donors (Lipinski definition) is 1. The molecular formula is C12H16N2O3S. The molecule has 1 rings (SSSR count). The fourth-order valence-corrected chi connectivity index (χ4v) is 1.75. The number of nitrogens with one attached hydrogen (secondary N) is 1. The molecule has 5 nitrogen and oxygen atoms in total. The van der Waals surface area contributed by atoms with Crippen molar-refractivity contribution in [3.05, 3.63) is 22.4 Å². The first-order valence-electron chi connectivity index (χ1n) is 5.61. The SMILES string of the molecule is CCOC(=O)C(C)C(C)=NNC(=O)c1cccs1. The van der Waals surface area contributed by atoms with Crippen LogP contribution in [0.4, 0.5) is 0 Å². The zero-order chi connectivity index (χ0) is 13.5. The molecule has 0 aliphatic heterocycles. The predicted molar refractivity (Wildman–Crippen MR) is 70.7 cm³/mol. The van der Waals surface area contributed by atoms with E-state index in [1.165, 1.54) is 11.3 Å². The molecule has 1 aromatic heterocycles. The molecular weight excluding hydrogens is 252 g/mol. The Bertz CT molecular complexity index is 440. The molecule has 0 radical (unpaired) electrons. The van der Waals surface area contributed by atoms with Crippen molar-refractivity contribution >= 4 is 28.9 Å². The zero-order valence-electron chi connectivity index (χ0n) is 10.6. The second-order valence-corrected chi connectivity index (χ2v) is 4.59. The molecule has 0 aromatic carbocycles. The number of carbonyl (C=O) groups excluding carboxylic acids is 2. The van der Waals surface area contributed by atoms with Gasteiger partial charge in [0.05, 0.1) is 17.4 Å². The van der Waals surface area contributed by atoms with Gasteiger partial charge in [-0.05, 0) is 32.2 Å². The summed E-state index contributed by atoms with van der Waals surface area (Å²) < 4.78 is 4.87. The summed E-state index contributed by atoms with van der Waals surface area (Å²) in [4.78, 5) is 23.6. The molecule has 0 spiro atoms. The molecule has 0 bridgehead atoms. The highest BCUT2D eigenvalue weighted by atomic mass is 32.1. The molecule has 0 saturated carbocycles. The minimum Gasteiger partial charge on any atom is -0.465 e. The maximum atomic E-state index is 11.6. The summed E-state index contributed by atoms with van der Waals surface area (Å²) in [5, 5.41) is 5.72. The Morgan fingerprint density at radius 2 is 2.28 bits per heavy atom. The summed E-state index contributed by atoms with van der Waals surface area (Å²) in [7, 11) is 0. The Balaban J connectivity index is 2.56. The van der Waals surface area contributed by atoms with Gasteiger partial charge in [0.1, 0.15) is 0 Å². The number of hydrazone groups is 1. The van der Waals surface area contributed by atoms with Crippen LogP contribution in [0, 0.1) is 5.92 Å². The van der Waals surface area contributed by atoms with Crippen molar-refractivity contribution in [2.75, 3.05) is 6.61 Å². The van der Waals surface area contributed by atoms with Crippen molar-refractivity contribution < 1.29 is 14.3 Å². The fraction of sp³-hybridized carbons (Fsp3) is 0.417. The normalized spacial score (nSPS) is 12.9. The van der Waals surface area contributed by atoms with Gasteiger partial charge in [-0.15, -0.1) is 11.3 Å². The van der Waals surface area contributed by atoms with E-state index in [0.29, 0.717) is 17.2 Å². The Kier molecular flexibility index (Phi) is 5.51. The van der Waals surface area contributed by atoms with Crippen LogP contribution in [0.1, 0.15) is 30.4 Å². The molecule has 1 heterocycles. The van der Waals surface area contributed by atoms with Crippen LogP contribution < -0.4 is 5.43 Å². The zero-order valence-corrected chi connectivity index (χ0v) is 11.4. The lowest BCUT2D eigenvalue weighted by molar-refractivity contribution is -0.145. The molecule has 0 fully saturated rings. The highest BCUT2D eigenvalue weighted by Gasteiger charge is 2.17. The largest absolute Gasteiger partial charge is 0.465 e. The van der Waals surface area contributed by atoms with Crippen LogP contribution in [0.15, 0.2) is 22.6 Å². The molecule has 0 aliphatic carbocycles. The summed E-state index contributed by atoms with van der Waals surface area (Å²) >= 11 is 1.33. The Hall–Kier alpha value is -1.69. The predicted octanol–water partition coefficient (Wildman–Crippen LogP) is 2.05. The number of hydrogen-bond acceptors (Lipinski definition) is 5. The Morgan fingerprint density at radius 3 is 2.83 bits per heavy atom. The van der Waals surface area contributed by atoms with Crippen molar-refractivity contribution in [2.45, 2.75) is 20.8 Å². The van der Waals surface area contributed by atoms with Crippen LogP contribution in [0.5, 0.6) is 0 Å². The lowest BCUT2D eigenvalue weighted by Crippen LogP contribution is -2.25. The van der Waals surface area contributed by atoms with E-state index in [2.05, 4.69) is 10.5 Å². The van der Waals surface area contributed by atoms with Gasteiger partial charge >= 0.3 is 5.97 Å². The molecule has 1 N–H and O–H groups in total. The van der Waals surface area contributed by atoms with Crippen molar-refractivity contribution in [2.24, 2.45) is 11.0 Å². The van der Waals surface area contributed by atoms with Gasteiger partial charge in [-0.3, -0.25) is 9.59 Å². The van der Waals surface area contributed by atoms with Crippen molar-refractivity contribution in [1.82, 2.24) is 5.43 Å². The summed E-state index contributed by atoms with van der Waals surface area (Å²) in [5.41, 5.74) is 2.93. The van der Waals surface area contributed by atoms with E-state index in [0.717, 1.165) is 0 Å². The third-order valence-corrected chi connectivity index (χ3v) is 3.21. The van der Waals surface area contributed by atoms with E-state index in [-0.39, 0.29) is 11.9 Å². The van der Waals surface area contributed by atoms with E-state index in [1.807, 2.05) is 5.38 Å². The molecule has 1 amide bonds. The Labute approximate surface area is 110 Å². The number of thiophene rings is 1. The number of esters is 1. The standard InChI is InChI=1S/C12H16N2O3S/c1-4-17-12(16)8(2)9(3)13-14-11(15)10-6-5-7-18-10/h5-8H,4H2,1-3H3,(H,14,15). The number of rotatable bonds is 5. The summed E-state index contributed by atoms with van der Waals surface area (Å²) in [5.74, 6) is -1.09. The van der Waals surface area contributed by atoms with Gasteiger partial charge < -0.3 is 4.74 Å². The molecule has 1 aromatic rings. The van der Waals surface area contributed by atoms with Crippen molar-refractivity contribution in [1.29, 1.82) is 0 Å². The average Bonchev–Trinajstić information content (AvgIpc) is 2.88. The first-order chi connectivity index (χ1) is 8.56. The number of amides is 1. The van der Waals surface area contributed by atoms with E-state index >= 15 is 0 Å². The number of carbonyl (C=O) groups is 2. The van der Waals surface area contributed by atoms with Gasteiger partial charge in [-0.2, -0.15) is 5.10 Å². The van der Waals surface area contributed by atoms with Crippen LogP contribution in [-0.4, -0.2) is 24.2 Å². The quantitative estimate of drug-likeness (QED) is 0.505. The van der Waals surface area contributed by atoms with Gasteiger partial charge in [-0.25, -0.2) is 5.43 Å². The monoisotopic (exact) mass is 268 g/mol. The van der Waals surface area contributed by atoms with Gasteiger partial charge in [-0.1, -0.05) is 6.07 Å². The minimum absolute atomic E-state index is 0.277. The van der Waals surface area contributed by atoms with E-state index in [4.69, 9.17) is 4.74 Å². The first-order valence-corrected chi connectivity index (χ1v) is 6.48. The Morgan fingerprint density at radius 1 is 1.56 bits per heavy atom. The second-order valence-electron chi connectivity index (χ2n) is 3.65. The lowest BCUT2D eigenvalue weighted by atomic mass is 10.1. The maximum absolute atomic E-state index is 11.6. The van der Waals surface area contributed by atoms with E-state index < -0.39 is 5.92 Å². The topological polar surface area (TPSA) is 67.8 Å². The third kappa shape index (κ3) is 3.96. The van der Waals surface area contributed by atoms with Gasteiger partial charge in [0.2, 0.25) is 0 Å². The highest BCUT2D eigenvalue weighted by molar-refractivity contribution is 7.12. The molecule has 1 atom stereocenters. The van der Waals surface area contributed by atoms with Crippen LogP contribution in [-0.2, 0) is 9.53 Å². The summed E-state index contributed by atoms with van der Waals surface area (Å²) in [6.07, 6.45) is 0. The highest BCUT2D eigenvalue weighted by Crippen LogP contribution is 2.08. The van der Waals surface area contributed by atoms with E-state index in [1.54, 1.807) is 32.9 Å². The van der Waals surface area contributed by atoms with Gasteiger partial charge in [0.15, 0.2) is 0 Å². The van der Waals surface area contributed by atoms with Gasteiger partial charge in [0, 0.05) is 5.71 Å². The summed E-state index contributed by atoms with van der Waals surface area (Å²) in [6, 6.07) is 3.50. The second kappa shape index (κ2) is 6.90. The van der Waals surface area contributed by atoms with Crippen LogP contribution in [0.3, 0.4) is 0 Å². The molecule has 0 saturated heterocycles.